The second-order valence-corrected chi connectivity index (χ2v) is 7.45. The third-order valence-corrected chi connectivity index (χ3v) is 5.24. The maximum Gasteiger partial charge on any atom is 0.331 e. The molecule has 31 heavy (non-hydrogen) atoms. The molecule has 0 radical (unpaired) electrons. The maximum atomic E-state index is 13.3. The minimum absolute atomic E-state index is 0.240. The maximum absolute atomic E-state index is 13.3. The normalized spacial score (nSPS) is 10.7. The molecule has 0 spiro atoms. The molecule has 0 amide bonds. The molecule has 3 aromatic carbocycles. The van der Waals surface area contributed by atoms with Gasteiger partial charge in [-0.15, -0.1) is 0 Å². The molecule has 0 atom stereocenters. The first kappa shape index (κ1) is 20.4. The van der Waals surface area contributed by atoms with E-state index < -0.39 is 0 Å². The summed E-state index contributed by atoms with van der Waals surface area (Å²) in [6.07, 6.45) is 2.13. The van der Waals surface area contributed by atoms with Crippen molar-refractivity contribution in [2.24, 2.45) is 0 Å². The largest absolute Gasteiger partial charge is 0.497 e. The van der Waals surface area contributed by atoms with Crippen LogP contribution in [0.5, 0.6) is 5.75 Å². The molecule has 0 aliphatic rings. The summed E-state index contributed by atoms with van der Waals surface area (Å²) in [6.45, 7) is 0.647. The molecule has 1 aromatic heterocycles. The van der Waals surface area contributed by atoms with Crippen molar-refractivity contribution in [2.75, 3.05) is 7.11 Å². The van der Waals surface area contributed by atoms with Crippen LogP contribution in [0.2, 0.25) is 0 Å². The summed E-state index contributed by atoms with van der Waals surface area (Å²) < 4.78 is 8.17. The van der Waals surface area contributed by atoms with Crippen molar-refractivity contribution in [1.82, 2.24) is 9.13 Å². The Bertz CT molecular complexity index is 1260. The van der Waals surface area contributed by atoms with E-state index >= 15 is 0 Å². The average Bonchev–Trinajstić information content (AvgIpc) is 2.81. The van der Waals surface area contributed by atoms with E-state index in [2.05, 4.69) is 0 Å². The molecule has 156 valence electrons. The minimum atomic E-state index is -0.309. The van der Waals surface area contributed by atoms with Crippen LogP contribution < -0.4 is 16.0 Å². The number of hydrogen-bond donors (Lipinski definition) is 0. The van der Waals surface area contributed by atoms with E-state index in [9.17, 15) is 9.59 Å². The van der Waals surface area contributed by atoms with Crippen LogP contribution >= 0.6 is 0 Å². The molecule has 0 saturated carbocycles. The van der Waals surface area contributed by atoms with Gasteiger partial charge in [-0.1, -0.05) is 72.8 Å². The van der Waals surface area contributed by atoms with E-state index in [1.807, 2.05) is 84.9 Å². The molecule has 0 fully saturated rings. The van der Waals surface area contributed by atoms with Gasteiger partial charge in [-0.05, 0) is 28.8 Å². The van der Waals surface area contributed by atoms with Crippen molar-refractivity contribution in [1.29, 1.82) is 0 Å². The van der Waals surface area contributed by atoms with Gasteiger partial charge in [0.05, 0.1) is 20.2 Å². The highest BCUT2D eigenvalue weighted by Gasteiger charge is 2.13. The van der Waals surface area contributed by atoms with E-state index in [0.717, 1.165) is 22.4 Å². The first-order chi connectivity index (χ1) is 15.1. The molecule has 5 nitrogen and oxygen atoms in total. The highest BCUT2D eigenvalue weighted by Crippen LogP contribution is 2.14. The zero-order valence-electron chi connectivity index (χ0n) is 17.4. The molecule has 0 aliphatic heterocycles. The smallest absolute Gasteiger partial charge is 0.331 e. The predicted octanol–water partition coefficient (Wildman–Crippen LogP) is 3.71. The van der Waals surface area contributed by atoms with E-state index in [1.165, 1.54) is 4.57 Å². The van der Waals surface area contributed by atoms with Crippen LogP contribution in [0.15, 0.2) is 101 Å². The Morgan fingerprint density at radius 3 is 1.87 bits per heavy atom. The second kappa shape index (κ2) is 9.30. The highest BCUT2D eigenvalue weighted by atomic mass is 16.5. The standard InChI is InChI=1S/C26H24N2O3/c1-31-24-14-12-20(13-15-24)16-23-19-27(17-21-8-4-2-5-9-21)26(30)28(25(23)29)18-22-10-6-3-7-11-22/h2-15,19H,16-18H2,1H3. The highest BCUT2D eigenvalue weighted by molar-refractivity contribution is 5.30. The number of methoxy groups -OCH3 is 1. The number of ether oxygens (including phenoxy) is 1. The van der Waals surface area contributed by atoms with Gasteiger partial charge in [0.25, 0.3) is 5.56 Å². The van der Waals surface area contributed by atoms with Crippen LogP contribution in [0, 0.1) is 0 Å². The third kappa shape index (κ3) is 4.83. The minimum Gasteiger partial charge on any atom is -0.497 e. The number of hydrogen-bond acceptors (Lipinski definition) is 3. The van der Waals surface area contributed by atoms with Crippen molar-refractivity contribution in [2.45, 2.75) is 19.5 Å². The van der Waals surface area contributed by atoms with Crippen molar-refractivity contribution in [3.63, 3.8) is 0 Å². The van der Waals surface area contributed by atoms with Crippen LogP contribution in [0.25, 0.3) is 0 Å². The molecule has 0 saturated heterocycles. The van der Waals surface area contributed by atoms with E-state index in [0.29, 0.717) is 18.5 Å². The summed E-state index contributed by atoms with van der Waals surface area (Å²) in [7, 11) is 1.62. The van der Waals surface area contributed by atoms with E-state index in [4.69, 9.17) is 4.74 Å². The molecule has 4 aromatic rings. The fraction of sp³-hybridized carbons (Fsp3) is 0.154. The van der Waals surface area contributed by atoms with Gasteiger partial charge < -0.3 is 4.74 Å². The molecule has 0 unspecified atom stereocenters. The van der Waals surface area contributed by atoms with Gasteiger partial charge >= 0.3 is 5.69 Å². The fourth-order valence-electron chi connectivity index (χ4n) is 3.60. The predicted molar refractivity (Wildman–Crippen MR) is 122 cm³/mol. The number of aromatic nitrogens is 2. The zero-order chi connectivity index (χ0) is 21.6. The molecular formula is C26H24N2O3. The van der Waals surface area contributed by atoms with Crippen LogP contribution in [-0.2, 0) is 19.5 Å². The molecule has 0 N–H and O–H groups in total. The Morgan fingerprint density at radius 1 is 0.710 bits per heavy atom. The summed E-state index contributed by atoms with van der Waals surface area (Å²) in [5.41, 5.74) is 2.91. The van der Waals surface area contributed by atoms with Gasteiger partial charge in [0.2, 0.25) is 0 Å². The Labute approximate surface area is 180 Å². The summed E-state index contributed by atoms with van der Waals surface area (Å²) in [6, 6.07) is 27.0. The van der Waals surface area contributed by atoms with Crippen molar-refractivity contribution < 1.29 is 4.74 Å². The van der Waals surface area contributed by atoms with Gasteiger partial charge in [0.15, 0.2) is 0 Å². The Morgan fingerprint density at radius 2 is 1.29 bits per heavy atom. The topological polar surface area (TPSA) is 53.2 Å². The number of benzene rings is 3. The zero-order valence-corrected chi connectivity index (χ0v) is 17.4. The number of nitrogens with zero attached hydrogens (tertiary/aromatic N) is 2. The Kier molecular flexibility index (Phi) is 6.13. The van der Waals surface area contributed by atoms with Crippen LogP contribution in [-0.4, -0.2) is 16.2 Å². The molecule has 1 heterocycles. The second-order valence-electron chi connectivity index (χ2n) is 7.45. The molecule has 0 aliphatic carbocycles. The third-order valence-electron chi connectivity index (χ3n) is 5.24. The average molecular weight is 412 g/mol. The fourth-order valence-corrected chi connectivity index (χ4v) is 3.60. The SMILES string of the molecule is COc1ccc(Cc2cn(Cc3ccccc3)c(=O)n(Cc3ccccc3)c2=O)cc1. The van der Waals surface area contributed by atoms with Gasteiger partial charge in [-0.25, -0.2) is 4.79 Å². The van der Waals surface area contributed by atoms with Crippen LogP contribution in [0.3, 0.4) is 0 Å². The molecular weight excluding hydrogens is 388 g/mol. The molecule has 4 rings (SSSR count). The molecule has 5 heteroatoms. The lowest BCUT2D eigenvalue weighted by atomic mass is 10.1. The Hall–Kier alpha value is -3.86. The monoisotopic (exact) mass is 412 g/mol. The first-order valence-electron chi connectivity index (χ1n) is 10.2. The Balaban J connectivity index is 1.76. The summed E-state index contributed by atoms with van der Waals surface area (Å²) in [5.74, 6) is 0.763. The van der Waals surface area contributed by atoms with Gasteiger partial charge in [-0.2, -0.15) is 0 Å². The van der Waals surface area contributed by atoms with E-state index in [1.54, 1.807) is 17.9 Å². The van der Waals surface area contributed by atoms with Gasteiger partial charge in [0, 0.05) is 18.2 Å². The van der Waals surface area contributed by atoms with Crippen molar-refractivity contribution in [3.05, 3.63) is 134 Å². The van der Waals surface area contributed by atoms with Crippen molar-refractivity contribution in [3.8, 4) is 5.75 Å². The summed E-state index contributed by atoms with van der Waals surface area (Å²) >= 11 is 0. The quantitative estimate of drug-likeness (QED) is 0.465. The molecule has 0 bridgehead atoms. The van der Waals surface area contributed by atoms with Crippen LogP contribution in [0.4, 0.5) is 0 Å². The summed E-state index contributed by atoms with van der Waals surface area (Å²) in [5, 5.41) is 0. The van der Waals surface area contributed by atoms with Gasteiger partial charge in [0.1, 0.15) is 5.75 Å². The lowest BCUT2D eigenvalue weighted by Crippen LogP contribution is -2.41. The van der Waals surface area contributed by atoms with Crippen LogP contribution in [0.1, 0.15) is 22.3 Å². The number of rotatable bonds is 7. The first-order valence-corrected chi connectivity index (χ1v) is 10.2. The summed E-state index contributed by atoms with van der Waals surface area (Å²) in [4.78, 5) is 26.4. The van der Waals surface area contributed by atoms with Gasteiger partial charge in [-0.3, -0.25) is 13.9 Å². The van der Waals surface area contributed by atoms with Crippen molar-refractivity contribution >= 4 is 0 Å². The van der Waals surface area contributed by atoms with E-state index in [-0.39, 0.29) is 17.8 Å². The lowest BCUT2D eigenvalue weighted by Gasteiger charge is -2.14. The lowest BCUT2D eigenvalue weighted by molar-refractivity contribution is 0.414.